The minimum absolute atomic E-state index is 0.204. The van der Waals surface area contributed by atoms with Crippen LogP contribution >= 0.6 is 0 Å². The molecule has 7 nitrogen and oxygen atoms in total. The zero-order valence-electron chi connectivity index (χ0n) is 32.8. The second kappa shape index (κ2) is 20.0. The number of halogens is 3. The zero-order valence-corrected chi connectivity index (χ0v) is 32.8. The van der Waals surface area contributed by atoms with E-state index in [1.807, 2.05) is 153 Å². The number of nitrogens with zero attached hydrogens (tertiary/aromatic N) is 2. The molecule has 0 N–H and O–H groups in total. The van der Waals surface area contributed by atoms with Gasteiger partial charge in [0.05, 0.1) is 57.2 Å². The summed E-state index contributed by atoms with van der Waals surface area (Å²) in [6, 6.07) is 45.5. The molecule has 0 aliphatic carbocycles. The standard InChI is InChI=1S/C49H47F3N2O5/c1-3-40(41-25-24-39(26-34(41)2)42-27-54-44(28-53-42)49(50,51)52)45-47(57-31-37-20-12-6-13-21-37)48(58-32-38-22-14-7-15-23-38)46(56-30-36-18-10-5-11-19-36)43(59-45)33-55-29-35-16-8-4-9-17-35/h3-28,40,43,45-48H,1,29-33H2,2H3/t40-,43-,45-,46-,47-,48+/m1/s1. The molecule has 5 aromatic carbocycles. The lowest BCUT2D eigenvalue weighted by Gasteiger charge is -2.48. The van der Waals surface area contributed by atoms with Crippen molar-refractivity contribution in [2.75, 3.05) is 6.61 Å². The van der Waals surface area contributed by atoms with Crippen molar-refractivity contribution in [2.45, 2.75) is 76.0 Å². The van der Waals surface area contributed by atoms with Gasteiger partial charge in [-0.15, -0.1) is 6.58 Å². The van der Waals surface area contributed by atoms with Crippen LogP contribution in [0.15, 0.2) is 165 Å². The van der Waals surface area contributed by atoms with Crippen LogP contribution in [0.5, 0.6) is 0 Å². The smallest absolute Gasteiger partial charge is 0.374 e. The normalized spacial score (nSPS) is 19.9. The van der Waals surface area contributed by atoms with Crippen molar-refractivity contribution in [3.05, 3.63) is 204 Å². The number of benzene rings is 5. The predicted molar refractivity (Wildman–Crippen MR) is 220 cm³/mol. The van der Waals surface area contributed by atoms with Crippen LogP contribution in [0.3, 0.4) is 0 Å². The van der Waals surface area contributed by atoms with E-state index in [-0.39, 0.29) is 13.2 Å². The van der Waals surface area contributed by atoms with E-state index in [0.717, 1.165) is 45.8 Å². The van der Waals surface area contributed by atoms with Gasteiger partial charge in [-0.2, -0.15) is 13.2 Å². The molecular weight excluding hydrogens is 754 g/mol. The summed E-state index contributed by atoms with van der Waals surface area (Å²) < 4.78 is 74.0. The monoisotopic (exact) mass is 800 g/mol. The van der Waals surface area contributed by atoms with Gasteiger partial charge in [-0.05, 0) is 46.4 Å². The lowest BCUT2D eigenvalue weighted by Crippen LogP contribution is -2.62. The summed E-state index contributed by atoms with van der Waals surface area (Å²) in [7, 11) is 0. The Bertz CT molecular complexity index is 2190. The summed E-state index contributed by atoms with van der Waals surface area (Å²) in [6.45, 7) is 7.71. The van der Waals surface area contributed by atoms with E-state index >= 15 is 0 Å². The quantitative estimate of drug-likeness (QED) is 0.0851. The Morgan fingerprint density at radius 1 is 0.644 bits per heavy atom. The third-order valence-electron chi connectivity index (χ3n) is 10.4. The highest BCUT2D eigenvalue weighted by molar-refractivity contribution is 5.60. The van der Waals surface area contributed by atoms with Gasteiger partial charge in [-0.3, -0.25) is 4.98 Å². The molecule has 0 radical (unpaired) electrons. The summed E-state index contributed by atoms with van der Waals surface area (Å²) in [5, 5.41) is 0. The molecule has 6 atom stereocenters. The van der Waals surface area contributed by atoms with Gasteiger partial charge in [0.15, 0.2) is 5.69 Å². The van der Waals surface area contributed by atoms with Gasteiger partial charge >= 0.3 is 6.18 Å². The van der Waals surface area contributed by atoms with Crippen LogP contribution in [0, 0.1) is 6.92 Å². The fraction of sp³-hybridized carbons (Fsp3) is 0.265. The van der Waals surface area contributed by atoms with Gasteiger partial charge < -0.3 is 23.7 Å². The predicted octanol–water partition coefficient (Wildman–Crippen LogP) is 10.5. The van der Waals surface area contributed by atoms with Crippen molar-refractivity contribution in [3.63, 3.8) is 0 Å². The van der Waals surface area contributed by atoms with Gasteiger partial charge in [0.1, 0.15) is 24.4 Å². The SMILES string of the molecule is C=C[C@H](c1ccc(-c2cnc(C(F)(F)F)cn2)cc1C)[C@H]1O[C@H](COCc2ccccc2)[C@@H](OCc2ccccc2)[C@H](OCc2ccccc2)[C@@H]1OCc1ccccc1. The van der Waals surface area contributed by atoms with Crippen molar-refractivity contribution >= 4 is 0 Å². The Hall–Kier alpha value is -5.49. The van der Waals surface area contributed by atoms with E-state index < -0.39 is 48.3 Å². The van der Waals surface area contributed by atoms with E-state index in [0.29, 0.717) is 31.1 Å². The Balaban J connectivity index is 1.26. The molecule has 6 aromatic rings. The Labute approximate surface area is 343 Å². The third-order valence-corrected chi connectivity index (χ3v) is 10.4. The number of hydrogen-bond donors (Lipinski definition) is 0. The number of ether oxygens (including phenoxy) is 5. The summed E-state index contributed by atoms with van der Waals surface area (Å²) in [5.41, 5.74) is 5.67. The van der Waals surface area contributed by atoms with Crippen molar-refractivity contribution in [3.8, 4) is 11.3 Å². The molecule has 1 fully saturated rings. The van der Waals surface area contributed by atoms with Crippen molar-refractivity contribution in [1.82, 2.24) is 9.97 Å². The minimum atomic E-state index is -4.58. The van der Waals surface area contributed by atoms with Crippen LogP contribution in [0.1, 0.15) is 45.0 Å². The number of hydrogen-bond acceptors (Lipinski definition) is 7. The highest BCUT2D eigenvalue weighted by Gasteiger charge is 2.50. The van der Waals surface area contributed by atoms with Crippen molar-refractivity contribution in [1.29, 1.82) is 0 Å². The van der Waals surface area contributed by atoms with E-state index in [4.69, 9.17) is 23.7 Å². The first-order valence-electron chi connectivity index (χ1n) is 19.6. The van der Waals surface area contributed by atoms with Crippen LogP contribution < -0.4 is 0 Å². The van der Waals surface area contributed by atoms with E-state index in [1.165, 1.54) is 0 Å². The van der Waals surface area contributed by atoms with Crippen LogP contribution in [0.2, 0.25) is 0 Å². The second-order valence-corrected chi connectivity index (χ2v) is 14.5. The maximum absolute atomic E-state index is 13.2. The van der Waals surface area contributed by atoms with Crippen LogP contribution in [-0.2, 0) is 56.3 Å². The third kappa shape index (κ3) is 11.0. The number of alkyl halides is 3. The summed E-state index contributed by atoms with van der Waals surface area (Å²) >= 11 is 0. The first-order valence-corrected chi connectivity index (χ1v) is 19.6. The molecular formula is C49H47F3N2O5. The van der Waals surface area contributed by atoms with Crippen LogP contribution in [-0.4, -0.2) is 47.1 Å². The van der Waals surface area contributed by atoms with Gasteiger partial charge in [0.2, 0.25) is 0 Å². The first kappa shape index (κ1) is 41.7. The van der Waals surface area contributed by atoms with Gasteiger partial charge in [-0.1, -0.05) is 140 Å². The largest absolute Gasteiger partial charge is 0.434 e. The first-order chi connectivity index (χ1) is 28.8. The van der Waals surface area contributed by atoms with E-state index in [2.05, 4.69) is 16.5 Å². The molecule has 0 spiro atoms. The molecule has 10 heteroatoms. The Morgan fingerprint density at radius 3 is 1.63 bits per heavy atom. The molecule has 304 valence electrons. The highest BCUT2D eigenvalue weighted by atomic mass is 19.4. The lowest BCUT2D eigenvalue weighted by atomic mass is 9.81. The van der Waals surface area contributed by atoms with E-state index in [1.54, 1.807) is 0 Å². The highest BCUT2D eigenvalue weighted by Crippen LogP contribution is 2.39. The lowest BCUT2D eigenvalue weighted by molar-refractivity contribution is -0.274. The second-order valence-electron chi connectivity index (χ2n) is 14.5. The number of aromatic nitrogens is 2. The number of aryl methyl sites for hydroxylation is 1. The number of rotatable bonds is 17. The average Bonchev–Trinajstić information content (AvgIpc) is 3.26. The molecule has 7 rings (SSSR count). The van der Waals surface area contributed by atoms with Crippen molar-refractivity contribution < 1.29 is 36.9 Å². The van der Waals surface area contributed by atoms with Crippen molar-refractivity contribution in [2.24, 2.45) is 0 Å². The van der Waals surface area contributed by atoms with Crippen LogP contribution in [0.4, 0.5) is 13.2 Å². The topological polar surface area (TPSA) is 71.9 Å². The summed E-state index contributed by atoms with van der Waals surface area (Å²) in [6.07, 6.45) is -3.96. The molecule has 1 aliphatic heterocycles. The van der Waals surface area contributed by atoms with E-state index in [9.17, 15) is 13.2 Å². The fourth-order valence-corrected chi connectivity index (χ4v) is 7.38. The Morgan fingerprint density at radius 2 is 1.15 bits per heavy atom. The molecule has 59 heavy (non-hydrogen) atoms. The molecule has 0 saturated carbocycles. The summed E-state index contributed by atoms with van der Waals surface area (Å²) in [4.78, 5) is 7.70. The molecule has 0 unspecified atom stereocenters. The fourth-order valence-electron chi connectivity index (χ4n) is 7.38. The van der Waals surface area contributed by atoms with Gasteiger partial charge in [0, 0.05) is 11.5 Å². The minimum Gasteiger partial charge on any atom is -0.374 e. The maximum atomic E-state index is 13.2. The molecule has 1 aliphatic rings. The van der Waals surface area contributed by atoms with Gasteiger partial charge in [0.25, 0.3) is 0 Å². The zero-order chi connectivity index (χ0) is 41.0. The Kier molecular flexibility index (Phi) is 14.1. The molecule has 0 bridgehead atoms. The van der Waals surface area contributed by atoms with Crippen LogP contribution in [0.25, 0.3) is 11.3 Å². The summed E-state index contributed by atoms with van der Waals surface area (Å²) in [5.74, 6) is -0.418. The maximum Gasteiger partial charge on any atom is 0.434 e. The van der Waals surface area contributed by atoms with Gasteiger partial charge in [-0.25, -0.2) is 4.98 Å². The molecule has 0 amide bonds. The molecule has 2 heterocycles. The average molecular weight is 801 g/mol. The molecule has 1 saturated heterocycles. The molecule has 1 aromatic heterocycles.